The molecule has 0 radical (unpaired) electrons. The lowest BCUT2D eigenvalue weighted by atomic mass is 10.1. The van der Waals surface area contributed by atoms with Gasteiger partial charge in [0.15, 0.2) is 6.29 Å². The lowest BCUT2D eigenvalue weighted by Crippen LogP contribution is -2.46. The Hall–Kier alpha value is -2.20. The minimum absolute atomic E-state index is 0.117. The zero-order valence-corrected chi connectivity index (χ0v) is 12.4. The van der Waals surface area contributed by atoms with Crippen LogP contribution in [0.15, 0.2) is 48.5 Å². The molecule has 0 N–H and O–H groups in total. The molecule has 1 aliphatic rings. The molecule has 4 heteroatoms. The fourth-order valence-corrected chi connectivity index (χ4v) is 2.81. The fraction of sp³-hybridized carbons (Fsp3) is 0.278. The molecule has 1 saturated heterocycles. The van der Waals surface area contributed by atoms with Crippen molar-refractivity contribution in [2.45, 2.75) is 6.54 Å². The monoisotopic (exact) mass is 298 g/mol. The number of anilines is 1. The molecule has 3 nitrogen and oxygen atoms in total. The van der Waals surface area contributed by atoms with Gasteiger partial charge in [0.1, 0.15) is 5.82 Å². The second kappa shape index (κ2) is 6.71. The summed E-state index contributed by atoms with van der Waals surface area (Å²) in [6.07, 6.45) is 0.552. The Kier molecular flexibility index (Phi) is 4.49. The Morgan fingerprint density at radius 2 is 1.73 bits per heavy atom. The first-order valence-electron chi connectivity index (χ1n) is 7.52. The molecule has 114 valence electrons. The van der Waals surface area contributed by atoms with E-state index in [9.17, 15) is 9.18 Å². The summed E-state index contributed by atoms with van der Waals surface area (Å²) in [6.45, 7) is 4.59. The van der Waals surface area contributed by atoms with Crippen molar-refractivity contribution in [3.63, 3.8) is 0 Å². The molecule has 0 aliphatic carbocycles. The summed E-state index contributed by atoms with van der Waals surface area (Å²) in [7, 11) is 0. The van der Waals surface area contributed by atoms with Gasteiger partial charge in [-0.1, -0.05) is 30.3 Å². The van der Waals surface area contributed by atoms with Crippen LogP contribution in [-0.4, -0.2) is 37.4 Å². The molecule has 0 atom stereocenters. The normalized spacial score (nSPS) is 15.8. The molecule has 0 saturated carbocycles. The first kappa shape index (κ1) is 14.7. The molecule has 2 aromatic carbocycles. The van der Waals surface area contributed by atoms with Crippen LogP contribution in [-0.2, 0) is 6.54 Å². The molecular formula is C18H19FN2O. The van der Waals surface area contributed by atoms with Crippen molar-refractivity contribution in [3.05, 3.63) is 65.5 Å². The van der Waals surface area contributed by atoms with Crippen LogP contribution in [0, 0.1) is 5.82 Å². The molecule has 0 spiro atoms. The van der Waals surface area contributed by atoms with E-state index in [-0.39, 0.29) is 5.56 Å². The quantitative estimate of drug-likeness (QED) is 0.811. The first-order chi connectivity index (χ1) is 10.8. The topological polar surface area (TPSA) is 23.6 Å². The maximum absolute atomic E-state index is 13.7. The van der Waals surface area contributed by atoms with Crippen molar-refractivity contribution < 1.29 is 9.18 Å². The smallest absolute Gasteiger partial charge is 0.152 e. The van der Waals surface area contributed by atoms with Gasteiger partial charge in [-0.05, 0) is 23.8 Å². The lowest BCUT2D eigenvalue weighted by molar-refractivity contribution is 0.112. The first-order valence-corrected chi connectivity index (χ1v) is 7.52. The number of aldehydes is 1. The highest BCUT2D eigenvalue weighted by molar-refractivity contribution is 5.76. The summed E-state index contributed by atoms with van der Waals surface area (Å²) in [5.41, 5.74) is 2.28. The molecule has 3 rings (SSSR count). The zero-order chi connectivity index (χ0) is 15.4. The summed E-state index contributed by atoms with van der Waals surface area (Å²) in [4.78, 5) is 15.2. The lowest BCUT2D eigenvalue weighted by Gasteiger charge is -2.36. The minimum Gasteiger partial charge on any atom is -0.369 e. The van der Waals surface area contributed by atoms with E-state index < -0.39 is 5.82 Å². The van der Waals surface area contributed by atoms with E-state index in [4.69, 9.17) is 0 Å². The minimum atomic E-state index is -0.445. The average molecular weight is 298 g/mol. The van der Waals surface area contributed by atoms with Crippen LogP contribution in [0.25, 0.3) is 0 Å². The molecule has 0 bridgehead atoms. The van der Waals surface area contributed by atoms with Crippen LogP contribution in [0.4, 0.5) is 10.1 Å². The molecule has 0 unspecified atom stereocenters. The van der Waals surface area contributed by atoms with Crippen LogP contribution >= 0.6 is 0 Å². The van der Waals surface area contributed by atoms with E-state index in [0.29, 0.717) is 6.29 Å². The van der Waals surface area contributed by atoms with E-state index in [1.165, 1.54) is 11.6 Å². The third-order valence-electron chi connectivity index (χ3n) is 4.10. The number of carbonyl (C=O) groups is 1. The number of benzene rings is 2. The van der Waals surface area contributed by atoms with Gasteiger partial charge in [0, 0.05) is 38.4 Å². The van der Waals surface area contributed by atoms with Crippen LogP contribution < -0.4 is 4.90 Å². The third kappa shape index (κ3) is 3.34. The third-order valence-corrected chi connectivity index (χ3v) is 4.10. The van der Waals surface area contributed by atoms with Gasteiger partial charge in [-0.3, -0.25) is 9.69 Å². The van der Waals surface area contributed by atoms with Gasteiger partial charge in [-0.15, -0.1) is 0 Å². The van der Waals surface area contributed by atoms with Crippen LogP contribution in [0.1, 0.15) is 15.9 Å². The van der Waals surface area contributed by atoms with E-state index in [2.05, 4.69) is 34.1 Å². The van der Waals surface area contributed by atoms with E-state index in [1.807, 2.05) is 12.1 Å². The van der Waals surface area contributed by atoms with Crippen molar-refractivity contribution >= 4 is 12.0 Å². The Labute approximate surface area is 130 Å². The van der Waals surface area contributed by atoms with Gasteiger partial charge in [-0.2, -0.15) is 0 Å². The van der Waals surface area contributed by atoms with Gasteiger partial charge in [0.25, 0.3) is 0 Å². The molecule has 1 aliphatic heterocycles. The van der Waals surface area contributed by atoms with Gasteiger partial charge in [-0.25, -0.2) is 4.39 Å². The molecule has 0 amide bonds. The highest BCUT2D eigenvalue weighted by atomic mass is 19.1. The summed E-state index contributed by atoms with van der Waals surface area (Å²) >= 11 is 0. The van der Waals surface area contributed by atoms with Crippen LogP contribution in [0.3, 0.4) is 0 Å². The summed E-state index contributed by atoms with van der Waals surface area (Å²) in [6, 6.07) is 15.2. The SMILES string of the molecule is O=Cc1ccc(N2CCN(Cc3ccccc3)CC2)cc1F. The number of hydrogen-bond donors (Lipinski definition) is 0. The van der Waals surface area contributed by atoms with Crippen molar-refractivity contribution in [1.29, 1.82) is 0 Å². The zero-order valence-electron chi connectivity index (χ0n) is 12.4. The van der Waals surface area contributed by atoms with Crippen molar-refractivity contribution in [1.82, 2.24) is 4.90 Å². The largest absolute Gasteiger partial charge is 0.369 e. The van der Waals surface area contributed by atoms with E-state index in [1.54, 1.807) is 6.07 Å². The second-order valence-corrected chi connectivity index (χ2v) is 5.57. The summed E-state index contributed by atoms with van der Waals surface area (Å²) in [5.74, 6) is -0.445. The summed E-state index contributed by atoms with van der Waals surface area (Å²) < 4.78 is 13.7. The van der Waals surface area contributed by atoms with Gasteiger partial charge in [0.2, 0.25) is 0 Å². The predicted molar refractivity (Wildman–Crippen MR) is 85.7 cm³/mol. The second-order valence-electron chi connectivity index (χ2n) is 5.57. The van der Waals surface area contributed by atoms with Crippen molar-refractivity contribution in [2.75, 3.05) is 31.1 Å². The number of piperazine rings is 1. The average Bonchev–Trinajstić information content (AvgIpc) is 2.56. The predicted octanol–water partition coefficient (Wildman–Crippen LogP) is 2.96. The Morgan fingerprint density at radius 1 is 1.00 bits per heavy atom. The molecule has 2 aromatic rings. The highest BCUT2D eigenvalue weighted by Crippen LogP contribution is 2.20. The molecule has 22 heavy (non-hydrogen) atoms. The number of carbonyl (C=O) groups excluding carboxylic acids is 1. The van der Waals surface area contributed by atoms with Crippen molar-refractivity contribution in [2.24, 2.45) is 0 Å². The van der Waals surface area contributed by atoms with Gasteiger partial charge in [0.05, 0.1) is 5.56 Å². The van der Waals surface area contributed by atoms with E-state index in [0.717, 1.165) is 38.4 Å². The maximum atomic E-state index is 13.7. The number of nitrogens with zero attached hydrogens (tertiary/aromatic N) is 2. The summed E-state index contributed by atoms with van der Waals surface area (Å²) in [5, 5.41) is 0. The standard InChI is InChI=1S/C18H19FN2O/c19-18-12-17(7-6-16(18)14-22)21-10-8-20(9-11-21)13-15-4-2-1-3-5-15/h1-7,12,14H,8-11,13H2. The van der Waals surface area contributed by atoms with Gasteiger partial charge < -0.3 is 4.90 Å². The molecule has 1 fully saturated rings. The Balaban J connectivity index is 1.59. The highest BCUT2D eigenvalue weighted by Gasteiger charge is 2.18. The number of hydrogen-bond acceptors (Lipinski definition) is 3. The number of halogens is 1. The number of rotatable bonds is 4. The van der Waals surface area contributed by atoms with Crippen molar-refractivity contribution in [3.8, 4) is 0 Å². The fourth-order valence-electron chi connectivity index (χ4n) is 2.81. The van der Waals surface area contributed by atoms with Gasteiger partial charge >= 0.3 is 0 Å². The van der Waals surface area contributed by atoms with Crippen LogP contribution in [0.5, 0.6) is 0 Å². The molecule has 0 aromatic heterocycles. The molecule has 1 heterocycles. The Morgan fingerprint density at radius 3 is 2.36 bits per heavy atom. The Bertz CT molecular complexity index is 637. The van der Waals surface area contributed by atoms with Crippen LogP contribution in [0.2, 0.25) is 0 Å². The molecular weight excluding hydrogens is 279 g/mol. The van der Waals surface area contributed by atoms with E-state index >= 15 is 0 Å². The maximum Gasteiger partial charge on any atom is 0.152 e.